The summed E-state index contributed by atoms with van der Waals surface area (Å²) in [6, 6.07) is 12.8. The van der Waals surface area contributed by atoms with Crippen molar-refractivity contribution < 1.29 is 0 Å². The van der Waals surface area contributed by atoms with E-state index in [-0.39, 0.29) is 5.41 Å². The van der Waals surface area contributed by atoms with Crippen molar-refractivity contribution in [3.05, 3.63) is 58.7 Å². The number of hydrogen-bond donors (Lipinski definition) is 2. The highest BCUT2D eigenvalue weighted by Gasteiger charge is 2.32. The summed E-state index contributed by atoms with van der Waals surface area (Å²) < 4.78 is 0. The Kier molecular flexibility index (Phi) is 5.27. The zero-order chi connectivity index (χ0) is 18.1. The molecule has 0 amide bonds. The topological polar surface area (TPSA) is 52.0 Å². The first-order valence-electron chi connectivity index (χ1n) is 9.00. The van der Waals surface area contributed by atoms with Crippen LogP contribution in [0.25, 0.3) is 0 Å². The third kappa shape index (κ3) is 3.28. The lowest BCUT2D eigenvalue weighted by Crippen LogP contribution is -2.27. The van der Waals surface area contributed by atoms with Crippen LogP contribution < -0.4 is 11.5 Å². The summed E-state index contributed by atoms with van der Waals surface area (Å²) in [5.74, 6) is 0.872. The van der Waals surface area contributed by atoms with Crippen molar-refractivity contribution in [3.63, 3.8) is 0 Å². The molecule has 130 valence electrons. The van der Waals surface area contributed by atoms with E-state index in [2.05, 4.69) is 65.8 Å². The summed E-state index contributed by atoms with van der Waals surface area (Å²) in [5, 5.41) is 0. The Balaban J connectivity index is 2.75. The van der Waals surface area contributed by atoms with Gasteiger partial charge in [0.25, 0.3) is 0 Å². The molecule has 0 atom stereocenters. The molecule has 0 fully saturated rings. The van der Waals surface area contributed by atoms with Crippen molar-refractivity contribution in [1.29, 1.82) is 0 Å². The molecular formula is C22H32N2. The molecule has 2 nitrogen and oxygen atoms in total. The van der Waals surface area contributed by atoms with Crippen LogP contribution in [0.1, 0.15) is 82.1 Å². The lowest BCUT2D eigenvalue weighted by Gasteiger charge is -2.35. The van der Waals surface area contributed by atoms with Gasteiger partial charge in [0.05, 0.1) is 0 Å². The molecule has 0 saturated carbocycles. The number of nitrogen functional groups attached to an aromatic ring is 2. The van der Waals surface area contributed by atoms with E-state index in [1.165, 1.54) is 22.3 Å². The normalized spacial score (nSPS) is 12.2. The Hall–Kier alpha value is -1.96. The quantitative estimate of drug-likeness (QED) is 0.681. The third-order valence-corrected chi connectivity index (χ3v) is 5.29. The number of anilines is 2. The summed E-state index contributed by atoms with van der Waals surface area (Å²) in [5.41, 5.74) is 19.2. The predicted octanol–water partition coefficient (Wildman–Crippen LogP) is 5.81. The Bertz CT molecular complexity index is 656. The van der Waals surface area contributed by atoms with E-state index in [4.69, 9.17) is 11.5 Å². The molecule has 0 saturated heterocycles. The van der Waals surface area contributed by atoms with Crippen molar-refractivity contribution >= 4 is 11.4 Å². The maximum Gasteiger partial charge on any atom is 0.0317 e. The van der Waals surface area contributed by atoms with E-state index in [9.17, 15) is 0 Å². The zero-order valence-corrected chi connectivity index (χ0v) is 16.0. The molecule has 0 aromatic heterocycles. The second-order valence-corrected chi connectivity index (χ2v) is 7.69. The fourth-order valence-corrected chi connectivity index (χ4v) is 3.65. The van der Waals surface area contributed by atoms with E-state index in [0.717, 1.165) is 17.8 Å². The van der Waals surface area contributed by atoms with Crippen LogP contribution in [0.2, 0.25) is 0 Å². The summed E-state index contributed by atoms with van der Waals surface area (Å²) >= 11 is 0. The molecular weight excluding hydrogens is 292 g/mol. The van der Waals surface area contributed by atoms with E-state index in [1.54, 1.807) is 0 Å². The average Bonchev–Trinajstić information content (AvgIpc) is 2.53. The Morgan fingerprint density at radius 2 is 1.17 bits per heavy atom. The third-order valence-electron chi connectivity index (χ3n) is 5.29. The number of hydrogen-bond acceptors (Lipinski definition) is 2. The van der Waals surface area contributed by atoms with Gasteiger partial charge < -0.3 is 11.5 Å². The molecule has 0 heterocycles. The number of rotatable bonds is 5. The molecule has 2 aromatic rings. The summed E-state index contributed by atoms with van der Waals surface area (Å²) in [6.07, 6.45) is 1.03. The van der Waals surface area contributed by atoms with E-state index < -0.39 is 0 Å². The predicted molar refractivity (Wildman–Crippen MR) is 107 cm³/mol. The molecule has 0 spiro atoms. The molecule has 4 N–H and O–H groups in total. The standard InChI is InChI=1S/C22H32N2/c1-7-22(6,20-10-8-16(23)12-18(20)14(2)3)21-11-9-17(24)13-19(21)15(4)5/h8-15H,7,23-24H2,1-6H3. The Labute approximate surface area is 147 Å². The first kappa shape index (κ1) is 18.4. The molecule has 2 rings (SSSR count). The highest BCUT2D eigenvalue weighted by Crippen LogP contribution is 2.43. The fourth-order valence-electron chi connectivity index (χ4n) is 3.65. The molecule has 2 aromatic carbocycles. The van der Waals surface area contributed by atoms with Gasteiger partial charge in [-0.15, -0.1) is 0 Å². The van der Waals surface area contributed by atoms with Crippen LogP contribution in [0.3, 0.4) is 0 Å². The molecule has 24 heavy (non-hydrogen) atoms. The van der Waals surface area contributed by atoms with Gasteiger partial charge in [0, 0.05) is 16.8 Å². The van der Waals surface area contributed by atoms with Gasteiger partial charge in [0.1, 0.15) is 0 Å². The zero-order valence-electron chi connectivity index (χ0n) is 16.0. The molecule has 2 heteroatoms. The van der Waals surface area contributed by atoms with Crippen LogP contribution in [-0.2, 0) is 5.41 Å². The van der Waals surface area contributed by atoms with Gasteiger partial charge >= 0.3 is 0 Å². The maximum absolute atomic E-state index is 6.07. The van der Waals surface area contributed by atoms with Gasteiger partial charge in [0.2, 0.25) is 0 Å². The highest BCUT2D eigenvalue weighted by atomic mass is 14.6. The Morgan fingerprint density at radius 3 is 1.46 bits per heavy atom. The van der Waals surface area contributed by atoms with E-state index >= 15 is 0 Å². The number of benzene rings is 2. The van der Waals surface area contributed by atoms with Gasteiger partial charge in [-0.1, -0.05) is 53.7 Å². The van der Waals surface area contributed by atoms with Crippen molar-refractivity contribution in [3.8, 4) is 0 Å². The highest BCUT2D eigenvalue weighted by molar-refractivity contribution is 5.56. The van der Waals surface area contributed by atoms with Crippen molar-refractivity contribution in [2.75, 3.05) is 11.5 Å². The van der Waals surface area contributed by atoms with Crippen LogP contribution in [0.4, 0.5) is 11.4 Å². The monoisotopic (exact) mass is 324 g/mol. The van der Waals surface area contributed by atoms with Gasteiger partial charge in [-0.05, 0) is 64.8 Å². The van der Waals surface area contributed by atoms with Crippen LogP contribution in [0.15, 0.2) is 36.4 Å². The first-order chi connectivity index (χ1) is 11.2. The largest absolute Gasteiger partial charge is 0.399 e. The molecule has 0 aliphatic rings. The van der Waals surface area contributed by atoms with Gasteiger partial charge in [0.15, 0.2) is 0 Å². The van der Waals surface area contributed by atoms with Crippen molar-refractivity contribution in [2.45, 2.75) is 65.2 Å². The van der Waals surface area contributed by atoms with Crippen LogP contribution in [-0.4, -0.2) is 0 Å². The fraction of sp³-hybridized carbons (Fsp3) is 0.455. The van der Waals surface area contributed by atoms with Crippen LogP contribution in [0.5, 0.6) is 0 Å². The minimum absolute atomic E-state index is 0.0550. The molecule has 0 bridgehead atoms. The smallest absolute Gasteiger partial charge is 0.0317 e. The maximum atomic E-state index is 6.07. The molecule has 0 unspecified atom stereocenters. The number of nitrogens with two attached hydrogens (primary N) is 2. The minimum Gasteiger partial charge on any atom is -0.399 e. The van der Waals surface area contributed by atoms with Crippen LogP contribution in [0, 0.1) is 0 Å². The van der Waals surface area contributed by atoms with Gasteiger partial charge in [-0.3, -0.25) is 0 Å². The summed E-state index contributed by atoms with van der Waals surface area (Å²) in [7, 11) is 0. The minimum atomic E-state index is -0.0550. The van der Waals surface area contributed by atoms with E-state index in [1.807, 2.05) is 12.1 Å². The molecule has 0 radical (unpaired) electrons. The van der Waals surface area contributed by atoms with Gasteiger partial charge in [-0.2, -0.15) is 0 Å². The van der Waals surface area contributed by atoms with Crippen LogP contribution >= 0.6 is 0 Å². The SMILES string of the molecule is CCC(C)(c1ccc(N)cc1C(C)C)c1ccc(N)cc1C(C)C. The second-order valence-electron chi connectivity index (χ2n) is 7.69. The van der Waals surface area contributed by atoms with Crippen molar-refractivity contribution in [2.24, 2.45) is 0 Å². The molecule has 0 aliphatic heterocycles. The summed E-state index contributed by atoms with van der Waals surface area (Å²) in [4.78, 5) is 0. The van der Waals surface area contributed by atoms with Crippen molar-refractivity contribution in [1.82, 2.24) is 0 Å². The van der Waals surface area contributed by atoms with Gasteiger partial charge in [-0.25, -0.2) is 0 Å². The van der Waals surface area contributed by atoms with E-state index in [0.29, 0.717) is 11.8 Å². The first-order valence-corrected chi connectivity index (χ1v) is 9.00. The lowest BCUT2D eigenvalue weighted by molar-refractivity contribution is 0.531. The molecule has 0 aliphatic carbocycles. The Morgan fingerprint density at radius 1 is 0.792 bits per heavy atom. The second kappa shape index (κ2) is 6.88. The lowest BCUT2D eigenvalue weighted by atomic mass is 9.68. The summed E-state index contributed by atoms with van der Waals surface area (Å²) in [6.45, 7) is 13.6. The average molecular weight is 325 g/mol.